The fourth-order valence-corrected chi connectivity index (χ4v) is 3.62. The third-order valence-corrected chi connectivity index (χ3v) is 4.93. The first-order valence-electron chi connectivity index (χ1n) is 6.11. The zero-order chi connectivity index (χ0) is 14.1. The quantitative estimate of drug-likeness (QED) is 0.781. The first-order valence-corrected chi connectivity index (χ1v) is 7.81. The Morgan fingerprint density at radius 3 is 3.00 bits per heavy atom. The lowest BCUT2D eigenvalue weighted by atomic mass is 10.2. The summed E-state index contributed by atoms with van der Waals surface area (Å²) in [7, 11) is 0. The molecule has 6 heteroatoms. The number of carbonyl (C=O) groups excluding carboxylic acids is 1. The number of nitrogens with one attached hydrogen (secondary N) is 1. The molecule has 3 heterocycles. The van der Waals surface area contributed by atoms with E-state index in [2.05, 4.69) is 10.3 Å². The molecular formula is C14H13N3OS2. The summed E-state index contributed by atoms with van der Waals surface area (Å²) in [5.41, 5.74) is 7.49. The van der Waals surface area contributed by atoms with E-state index in [4.69, 9.17) is 5.73 Å². The number of aryl methyl sites for hydroxylation is 1. The highest BCUT2D eigenvalue weighted by molar-refractivity contribution is 7.21. The Morgan fingerprint density at radius 1 is 1.40 bits per heavy atom. The molecule has 3 N–H and O–H groups in total. The minimum atomic E-state index is -0.142. The monoisotopic (exact) mass is 303 g/mol. The van der Waals surface area contributed by atoms with E-state index in [0.717, 1.165) is 20.8 Å². The fraction of sp³-hybridized carbons (Fsp3) is 0.143. The van der Waals surface area contributed by atoms with Gasteiger partial charge in [0, 0.05) is 16.0 Å². The van der Waals surface area contributed by atoms with Crippen LogP contribution >= 0.6 is 22.7 Å². The van der Waals surface area contributed by atoms with Crippen molar-refractivity contribution in [3.8, 4) is 0 Å². The van der Waals surface area contributed by atoms with Crippen LogP contribution in [0.2, 0.25) is 0 Å². The predicted octanol–water partition coefficient (Wildman–Crippen LogP) is 3.18. The molecule has 3 aromatic heterocycles. The van der Waals surface area contributed by atoms with E-state index >= 15 is 0 Å². The van der Waals surface area contributed by atoms with Crippen LogP contribution in [0.4, 0.5) is 5.69 Å². The van der Waals surface area contributed by atoms with Crippen molar-refractivity contribution >= 4 is 44.5 Å². The van der Waals surface area contributed by atoms with E-state index in [0.29, 0.717) is 17.1 Å². The van der Waals surface area contributed by atoms with Gasteiger partial charge in [0.1, 0.15) is 9.71 Å². The van der Waals surface area contributed by atoms with Crippen LogP contribution in [0.1, 0.15) is 20.2 Å². The van der Waals surface area contributed by atoms with Gasteiger partial charge in [0.25, 0.3) is 5.91 Å². The molecule has 1 amide bonds. The number of nitrogens with two attached hydrogens (primary N) is 1. The third-order valence-electron chi connectivity index (χ3n) is 2.94. The van der Waals surface area contributed by atoms with Crippen molar-refractivity contribution in [2.24, 2.45) is 0 Å². The van der Waals surface area contributed by atoms with Gasteiger partial charge in [-0.3, -0.25) is 4.79 Å². The van der Waals surface area contributed by atoms with Crippen molar-refractivity contribution in [2.75, 3.05) is 5.73 Å². The summed E-state index contributed by atoms with van der Waals surface area (Å²) < 4.78 is 0. The number of rotatable bonds is 3. The summed E-state index contributed by atoms with van der Waals surface area (Å²) in [5.74, 6) is -0.142. The molecule has 4 nitrogen and oxygen atoms in total. The van der Waals surface area contributed by atoms with Gasteiger partial charge in [0.05, 0.1) is 12.2 Å². The Morgan fingerprint density at radius 2 is 2.25 bits per heavy atom. The van der Waals surface area contributed by atoms with E-state index in [1.165, 1.54) is 11.3 Å². The van der Waals surface area contributed by atoms with Crippen molar-refractivity contribution in [1.29, 1.82) is 0 Å². The number of aromatic nitrogens is 1. The van der Waals surface area contributed by atoms with E-state index in [1.807, 2.05) is 36.6 Å². The first-order chi connectivity index (χ1) is 9.65. The SMILES string of the molecule is Cc1ccc2c(N)c(C(=O)NCc3cccs3)sc2n1. The Bertz CT molecular complexity index is 762. The van der Waals surface area contributed by atoms with Crippen molar-refractivity contribution < 1.29 is 4.79 Å². The highest BCUT2D eigenvalue weighted by Crippen LogP contribution is 2.32. The van der Waals surface area contributed by atoms with E-state index < -0.39 is 0 Å². The largest absolute Gasteiger partial charge is 0.397 e. The van der Waals surface area contributed by atoms with E-state index in [9.17, 15) is 4.79 Å². The van der Waals surface area contributed by atoms with Crippen LogP contribution in [0.5, 0.6) is 0 Å². The molecule has 3 aromatic rings. The Labute approximate surface area is 124 Å². The van der Waals surface area contributed by atoms with Gasteiger partial charge < -0.3 is 11.1 Å². The molecular weight excluding hydrogens is 290 g/mol. The maximum absolute atomic E-state index is 12.2. The molecule has 0 aliphatic rings. The van der Waals surface area contributed by atoms with Crippen LogP contribution in [0.15, 0.2) is 29.6 Å². The molecule has 20 heavy (non-hydrogen) atoms. The van der Waals surface area contributed by atoms with Crippen LogP contribution in [0.3, 0.4) is 0 Å². The lowest BCUT2D eigenvalue weighted by molar-refractivity contribution is 0.0956. The van der Waals surface area contributed by atoms with Crippen LogP contribution in [0.25, 0.3) is 10.2 Å². The molecule has 0 saturated heterocycles. The summed E-state index contributed by atoms with van der Waals surface area (Å²) in [5, 5.41) is 5.73. The topological polar surface area (TPSA) is 68.0 Å². The van der Waals surface area contributed by atoms with Crippen LogP contribution < -0.4 is 11.1 Å². The van der Waals surface area contributed by atoms with Crippen molar-refractivity contribution in [3.63, 3.8) is 0 Å². The van der Waals surface area contributed by atoms with Gasteiger partial charge in [0.15, 0.2) is 0 Å². The standard InChI is InChI=1S/C14H13N3OS2/c1-8-4-5-10-11(15)12(20-14(10)17-8)13(18)16-7-9-3-2-6-19-9/h2-6H,7,15H2,1H3,(H,16,18). The second kappa shape index (κ2) is 5.22. The molecule has 0 fully saturated rings. The molecule has 0 saturated carbocycles. The molecule has 102 valence electrons. The molecule has 0 atom stereocenters. The van der Waals surface area contributed by atoms with Gasteiger partial charge in [-0.05, 0) is 30.5 Å². The van der Waals surface area contributed by atoms with Crippen molar-refractivity contribution in [3.05, 3.63) is 45.1 Å². The van der Waals surface area contributed by atoms with Crippen molar-refractivity contribution in [1.82, 2.24) is 10.3 Å². The Balaban J connectivity index is 1.85. The molecule has 0 bridgehead atoms. The van der Waals surface area contributed by atoms with Gasteiger partial charge in [-0.15, -0.1) is 22.7 Å². The predicted molar refractivity (Wildman–Crippen MR) is 84.3 cm³/mol. The zero-order valence-electron chi connectivity index (χ0n) is 10.8. The average molecular weight is 303 g/mol. The maximum atomic E-state index is 12.2. The first kappa shape index (κ1) is 13.1. The summed E-state index contributed by atoms with van der Waals surface area (Å²) in [6, 6.07) is 7.77. The number of carbonyl (C=O) groups is 1. The van der Waals surface area contributed by atoms with Gasteiger partial charge in [0.2, 0.25) is 0 Å². The molecule has 3 rings (SSSR count). The molecule has 0 aromatic carbocycles. The number of anilines is 1. The molecule has 0 spiro atoms. The summed E-state index contributed by atoms with van der Waals surface area (Å²) in [6.07, 6.45) is 0. The zero-order valence-corrected chi connectivity index (χ0v) is 12.5. The second-order valence-corrected chi connectivity index (χ2v) is 6.44. The van der Waals surface area contributed by atoms with Crippen LogP contribution in [-0.4, -0.2) is 10.9 Å². The summed E-state index contributed by atoms with van der Waals surface area (Å²) in [4.78, 5) is 19.1. The maximum Gasteiger partial charge on any atom is 0.263 e. The molecule has 0 radical (unpaired) electrons. The number of fused-ring (bicyclic) bond motifs is 1. The molecule has 0 unspecified atom stereocenters. The number of thiophene rings is 2. The number of pyridine rings is 1. The van der Waals surface area contributed by atoms with E-state index in [-0.39, 0.29) is 5.91 Å². The van der Waals surface area contributed by atoms with Crippen LogP contribution in [0, 0.1) is 6.92 Å². The normalized spacial score (nSPS) is 10.8. The van der Waals surface area contributed by atoms with Gasteiger partial charge >= 0.3 is 0 Å². The smallest absolute Gasteiger partial charge is 0.263 e. The average Bonchev–Trinajstić information content (AvgIpc) is 3.04. The second-order valence-electron chi connectivity index (χ2n) is 4.41. The lowest BCUT2D eigenvalue weighted by Gasteiger charge is -2.02. The number of nitrogens with zero attached hydrogens (tertiary/aromatic N) is 1. The highest BCUT2D eigenvalue weighted by atomic mass is 32.1. The van der Waals surface area contributed by atoms with Gasteiger partial charge in [-0.2, -0.15) is 0 Å². The number of amides is 1. The minimum Gasteiger partial charge on any atom is -0.397 e. The van der Waals surface area contributed by atoms with Gasteiger partial charge in [-0.25, -0.2) is 4.98 Å². The lowest BCUT2D eigenvalue weighted by Crippen LogP contribution is -2.22. The molecule has 0 aliphatic carbocycles. The Kier molecular flexibility index (Phi) is 3.42. The summed E-state index contributed by atoms with van der Waals surface area (Å²) >= 11 is 2.95. The number of nitrogen functional groups attached to an aromatic ring is 1. The highest BCUT2D eigenvalue weighted by Gasteiger charge is 2.17. The minimum absolute atomic E-state index is 0.142. The van der Waals surface area contributed by atoms with Gasteiger partial charge in [-0.1, -0.05) is 6.07 Å². The summed E-state index contributed by atoms with van der Waals surface area (Å²) in [6.45, 7) is 2.45. The Hall–Kier alpha value is -1.92. The number of hydrogen-bond acceptors (Lipinski definition) is 5. The fourth-order valence-electron chi connectivity index (χ4n) is 1.92. The van der Waals surface area contributed by atoms with Crippen LogP contribution in [-0.2, 0) is 6.54 Å². The third kappa shape index (κ3) is 2.39. The number of hydrogen-bond donors (Lipinski definition) is 2. The van der Waals surface area contributed by atoms with E-state index in [1.54, 1.807) is 11.3 Å². The van der Waals surface area contributed by atoms with Crippen molar-refractivity contribution in [2.45, 2.75) is 13.5 Å². The molecule has 0 aliphatic heterocycles.